The van der Waals surface area contributed by atoms with Crippen molar-refractivity contribution >= 4 is 23.4 Å². The minimum atomic E-state index is -0.858. The number of phenolic OH excluding ortho intramolecular Hbond substituents is 2. The van der Waals surface area contributed by atoms with Crippen LogP contribution in [-0.4, -0.2) is 40.3 Å². The number of anilines is 3. The van der Waals surface area contributed by atoms with Gasteiger partial charge in [-0.2, -0.15) is 4.98 Å². The number of benzene rings is 2. The maximum absolute atomic E-state index is 14.2. The van der Waals surface area contributed by atoms with Gasteiger partial charge in [0.05, 0.1) is 20.4 Å². The number of amides is 1. The Labute approximate surface area is 177 Å². The molecule has 0 aliphatic rings. The number of aromatic nitrogens is 2. The number of aryl methyl sites for hydroxylation is 1. The zero-order chi connectivity index (χ0) is 22.7. The molecule has 1 aromatic heterocycles. The van der Waals surface area contributed by atoms with E-state index in [4.69, 9.17) is 9.47 Å². The molecule has 0 aliphatic carbocycles. The second-order valence-corrected chi connectivity index (χ2v) is 6.64. The Hall–Kier alpha value is -4.08. The lowest BCUT2D eigenvalue weighted by Crippen LogP contribution is -2.15. The molecule has 162 valence electrons. The molecule has 0 fully saturated rings. The Bertz CT molecular complexity index is 1130. The summed E-state index contributed by atoms with van der Waals surface area (Å²) in [6.45, 7) is 3.32. The van der Waals surface area contributed by atoms with Crippen LogP contribution in [0.1, 0.15) is 21.5 Å². The lowest BCUT2D eigenvalue weighted by Gasteiger charge is -2.14. The molecule has 0 bridgehead atoms. The van der Waals surface area contributed by atoms with Gasteiger partial charge in [-0.05, 0) is 37.6 Å². The van der Waals surface area contributed by atoms with Crippen molar-refractivity contribution in [2.75, 3.05) is 24.9 Å². The summed E-state index contributed by atoms with van der Waals surface area (Å²) in [5.41, 5.74) is 1.51. The molecule has 0 atom stereocenters. The third-order valence-electron chi connectivity index (χ3n) is 4.51. The Kier molecular flexibility index (Phi) is 6.10. The van der Waals surface area contributed by atoms with Crippen molar-refractivity contribution in [3.63, 3.8) is 0 Å². The fourth-order valence-corrected chi connectivity index (χ4v) is 2.87. The number of ether oxygens (including phenoxy) is 2. The van der Waals surface area contributed by atoms with E-state index in [-0.39, 0.29) is 34.4 Å². The number of carbonyl (C=O) groups is 1. The van der Waals surface area contributed by atoms with E-state index in [0.717, 1.165) is 23.9 Å². The summed E-state index contributed by atoms with van der Waals surface area (Å²) in [5.74, 6) is -1.44. The van der Waals surface area contributed by atoms with Crippen LogP contribution in [0.3, 0.4) is 0 Å². The lowest BCUT2D eigenvalue weighted by atomic mass is 10.1. The summed E-state index contributed by atoms with van der Waals surface area (Å²) in [4.78, 5) is 20.3. The van der Waals surface area contributed by atoms with Crippen LogP contribution in [0, 0.1) is 19.7 Å². The molecule has 0 saturated carbocycles. The molecular weight excluding hydrogens is 407 g/mol. The van der Waals surface area contributed by atoms with E-state index in [1.54, 1.807) is 12.1 Å². The standard InChI is InChI=1S/C21H21FN4O5/c1-10-5-13(8-17(30-3)18(10)31-4)24-21-23-9-14(22)19(26-21)25-20(29)12-6-15(27)11(2)16(28)7-12/h5-9,27-28H,1-4H3,(H2,23,24,25,26,29). The molecule has 0 spiro atoms. The highest BCUT2D eigenvalue weighted by atomic mass is 19.1. The van der Waals surface area contributed by atoms with Crippen LogP contribution in [-0.2, 0) is 0 Å². The highest BCUT2D eigenvalue weighted by Crippen LogP contribution is 2.35. The van der Waals surface area contributed by atoms with Crippen molar-refractivity contribution in [1.29, 1.82) is 0 Å². The van der Waals surface area contributed by atoms with Crippen molar-refractivity contribution < 1.29 is 28.9 Å². The van der Waals surface area contributed by atoms with Gasteiger partial charge in [-0.3, -0.25) is 4.79 Å². The largest absolute Gasteiger partial charge is 0.508 e. The van der Waals surface area contributed by atoms with Gasteiger partial charge in [0.1, 0.15) is 11.5 Å². The van der Waals surface area contributed by atoms with E-state index in [9.17, 15) is 19.4 Å². The maximum atomic E-state index is 14.2. The molecule has 10 heteroatoms. The molecule has 9 nitrogen and oxygen atoms in total. The van der Waals surface area contributed by atoms with Crippen LogP contribution in [0.4, 0.5) is 21.8 Å². The highest BCUT2D eigenvalue weighted by molar-refractivity contribution is 6.04. The van der Waals surface area contributed by atoms with Crippen molar-refractivity contribution in [3.05, 3.63) is 53.0 Å². The molecule has 2 aromatic carbocycles. The molecule has 4 N–H and O–H groups in total. The highest BCUT2D eigenvalue weighted by Gasteiger charge is 2.16. The number of nitrogens with one attached hydrogen (secondary N) is 2. The molecule has 0 radical (unpaired) electrons. The summed E-state index contributed by atoms with van der Waals surface area (Å²) < 4.78 is 24.8. The Morgan fingerprint density at radius 2 is 1.74 bits per heavy atom. The molecule has 0 aliphatic heterocycles. The molecular formula is C21H21FN4O5. The van der Waals surface area contributed by atoms with E-state index in [0.29, 0.717) is 17.2 Å². The third kappa shape index (κ3) is 4.58. The first-order valence-electron chi connectivity index (χ1n) is 9.09. The predicted octanol–water partition coefficient (Wildman–Crippen LogP) is 3.66. The number of nitrogens with zero attached hydrogens (tertiary/aromatic N) is 2. The van der Waals surface area contributed by atoms with Gasteiger partial charge in [-0.1, -0.05) is 0 Å². The molecule has 0 unspecified atom stereocenters. The van der Waals surface area contributed by atoms with E-state index in [1.807, 2.05) is 6.92 Å². The van der Waals surface area contributed by atoms with Crippen molar-refractivity contribution in [3.8, 4) is 23.0 Å². The van der Waals surface area contributed by atoms with Crippen LogP contribution < -0.4 is 20.1 Å². The predicted molar refractivity (Wildman–Crippen MR) is 112 cm³/mol. The zero-order valence-electron chi connectivity index (χ0n) is 17.3. The first-order valence-corrected chi connectivity index (χ1v) is 9.09. The van der Waals surface area contributed by atoms with E-state index < -0.39 is 11.7 Å². The molecule has 31 heavy (non-hydrogen) atoms. The van der Waals surface area contributed by atoms with Gasteiger partial charge in [-0.15, -0.1) is 0 Å². The van der Waals surface area contributed by atoms with Gasteiger partial charge >= 0.3 is 0 Å². The summed E-state index contributed by atoms with van der Waals surface area (Å²) in [6, 6.07) is 5.75. The summed E-state index contributed by atoms with van der Waals surface area (Å²) >= 11 is 0. The van der Waals surface area contributed by atoms with Crippen LogP contribution in [0.15, 0.2) is 30.5 Å². The van der Waals surface area contributed by atoms with Gasteiger partial charge in [0.2, 0.25) is 5.95 Å². The van der Waals surface area contributed by atoms with Crippen molar-refractivity contribution in [2.45, 2.75) is 13.8 Å². The SMILES string of the molecule is COc1cc(Nc2ncc(F)c(NC(=O)c3cc(O)c(C)c(O)c3)n2)cc(C)c1OC. The topological polar surface area (TPSA) is 126 Å². The number of hydrogen-bond acceptors (Lipinski definition) is 8. The van der Waals surface area contributed by atoms with Crippen LogP contribution in [0.25, 0.3) is 0 Å². The average molecular weight is 428 g/mol. The van der Waals surface area contributed by atoms with Crippen molar-refractivity contribution in [2.24, 2.45) is 0 Å². The molecule has 3 aromatic rings. The monoisotopic (exact) mass is 428 g/mol. The number of hydrogen-bond donors (Lipinski definition) is 4. The molecule has 3 rings (SSSR count). The average Bonchev–Trinajstić information content (AvgIpc) is 2.73. The second-order valence-electron chi connectivity index (χ2n) is 6.64. The number of halogens is 1. The Morgan fingerprint density at radius 1 is 1.06 bits per heavy atom. The fraction of sp³-hybridized carbons (Fsp3) is 0.190. The lowest BCUT2D eigenvalue weighted by molar-refractivity contribution is 0.102. The molecule has 1 heterocycles. The summed E-state index contributed by atoms with van der Waals surface area (Å²) in [5, 5.41) is 24.8. The first kappa shape index (κ1) is 21.6. The number of methoxy groups -OCH3 is 2. The zero-order valence-corrected chi connectivity index (χ0v) is 17.3. The quantitative estimate of drug-likeness (QED) is 0.469. The molecule has 0 saturated heterocycles. The normalized spacial score (nSPS) is 10.5. The van der Waals surface area contributed by atoms with Gasteiger partial charge < -0.3 is 30.3 Å². The van der Waals surface area contributed by atoms with Gasteiger partial charge in [0, 0.05) is 22.9 Å². The van der Waals surface area contributed by atoms with Gasteiger partial charge in [0.25, 0.3) is 5.91 Å². The fourth-order valence-electron chi connectivity index (χ4n) is 2.87. The van der Waals surface area contributed by atoms with E-state index in [1.165, 1.54) is 21.1 Å². The Balaban J connectivity index is 1.86. The first-order chi connectivity index (χ1) is 14.7. The van der Waals surface area contributed by atoms with Crippen LogP contribution in [0.5, 0.6) is 23.0 Å². The Morgan fingerprint density at radius 3 is 2.35 bits per heavy atom. The number of aromatic hydroxyl groups is 2. The number of carbonyl (C=O) groups excluding carboxylic acids is 1. The molecule has 1 amide bonds. The maximum Gasteiger partial charge on any atom is 0.257 e. The smallest absolute Gasteiger partial charge is 0.257 e. The minimum absolute atomic E-state index is 0.0259. The second kappa shape index (κ2) is 8.74. The van der Waals surface area contributed by atoms with E-state index >= 15 is 0 Å². The van der Waals surface area contributed by atoms with Gasteiger partial charge in [0.15, 0.2) is 23.1 Å². The van der Waals surface area contributed by atoms with Crippen molar-refractivity contribution in [1.82, 2.24) is 9.97 Å². The third-order valence-corrected chi connectivity index (χ3v) is 4.51. The number of rotatable bonds is 6. The van der Waals surface area contributed by atoms with Crippen LogP contribution in [0.2, 0.25) is 0 Å². The minimum Gasteiger partial charge on any atom is -0.508 e. The summed E-state index contributed by atoms with van der Waals surface area (Å²) in [7, 11) is 3.04. The summed E-state index contributed by atoms with van der Waals surface area (Å²) in [6.07, 6.45) is 0.905. The number of phenols is 2. The van der Waals surface area contributed by atoms with E-state index in [2.05, 4.69) is 20.6 Å². The van der Waals surface area contributed by atoms with Gasteiger partial charge in [-0.25, -0.2) is 9.37 Å². The van der Waals surface area contributed by atoms with Crippen LogP contribution >= 0.6 is 0 Å².